The molecule has 0 N–H and O–H groups in total. The van der Waals surface area contributed by atoms with Gasteiger partial charge in [0.05, 0.1) is 41.8 Å². The van der Waals surface area contributed by atoms with Gasteiger partial charge in [0.25, 0.3) is 5.91 Å². The summed E-state index contributed by atoms with van der Waals surface area (Å²) in [5.41, 5.74) is 2.13. The first-order chi connectivity index (χ1) is 14.6. The normalized spacial score (nSPS) is 17.1. The SMILES string of the molecule is CCc1cc(C2(N(C)C(=O)c3cnn4c3CN(C(=O)OC(C)(C)C)CC4)CC2)ncn1. The molecule has 0 saturated heterocycles. The maximum Gasteiger partial charge on any atom is 0.410 e. The van der Waals surface area contributed by atoms with Gasteiger partial charge in [-0.25, -0.2) is 14.8 Å². The molecule has 3 heterocycles. The summed E-state index contributed by atoms with van der Waals surface area (Å²) in [5.74, 6) is -0.110. The molecule has 0 spiro atoms. The zero-order valence-electron chi connectivity index (χ0n) is 18.9. The molecule has 1 fully saturated rings. The molecular weight excluding hydrogens is 396 g/mol. The lowest BCUT2D eigenvalue weighted by Crippen LogP contribution is -2.43. The van der Waals surface area contributed by atoms with Gasteiger partial charge in [-0.15, -0.1) is 0 Å². The summed E-state index contributed by atoms with van der Waals surface area (Å²) >= 11 is 0. The number of rotatable bonds is 4. The Balaban J connectivity index is 1.56. The Morgan fingerprint density at radius 2 is 1.97 bits per heavy atom. The topological polar surface area (TPSA) is 93.5 Å². The van der Waals surface area contributed by atoms with Gasteiger partial charge in [-0.05, 0) is 46.1 Å². The lowest BCUT2D eigenvalue weighted by molar-refractivity contribution is 0.0192. The highest BCUT2D eigenvalue weighted by Crippen LogP contribution is 2.50. The summed E-state index contributed by atoms with van der Waals surface area (Å²) in [6.45, 7) is 8.90. The number of aryl methyl sites for hydroxylation is 1. The van der Waals surface area contributed by atoms with Crippen LogP contribution in [-0.2, 0) is 29.8 Å². The van der Waals surface area contributed by atoms with Crippen molar-refractivity contribution >= 4 is 12.0 Å². The van der Waals surface area contributed by atoms with E-state index in [4.69, 9.17) is 4.74 Å². The van der Waals surface area contributed by atoms with Crippen LogP contribution in [0.15, 0.2) is 18.6 Å². The third-order valence-electron chi connectivity index (χ3n) is 5.99. The largest absolute Gasteiger partial charge is 0.444 e. The first kappa shape index (κ1) is 21.3. The molecule has 1 aliphatic carbocycles. The Kier molecular flexibility index (Phi) is 5.23. The second-order valence-corrected chi connectivity index (χ2v) is 9.27. The van der Waals surface area contributed by atoms with Gasteiger partial charge in [0.15, 0.2) is 0 Å². The Morgan fingerprint density at radius 1 is 1.23 bits per heavy atom. The Morgan fingerprint density at radius 3 is 2.61 bits per heavy atom. The summed E-state index contributed by atoms with van der Waals surface area (Å²) in [6.07, 6.45) is 5.36. The van der Waals surface area contributed by atoms with Gasteiger partial charge in [-0.3, -0.25) is 9.48 Å². The van der Waals surface area contributed by atoms with Gasteiger partial charge in [0.2, 0.25) is 0 Å². The van der Waals surface area contributed by atoms with Crippen molar-refractivity contribution in [3.05, 3.63) is 41.2 Å². The van der Waals surface area contributed by atoms with Gasteiger partial charge in [0.1, 0.15) is 11.9 Å². The average molecular weight is 427 g/mol. The quantitative estimate of drug-likeness (QED) is 0.746. The molecule has 0 radical (unpaired) electrons. The Labute approximate surface area is 182 Å². The molecule has 0 atom stereocenters. The van der Waals surface area contributed by atoms with Crippen LogP contribution < -0.4 is 0 Å². The number of fused-ring (bicyclic) bond motifs is 1. The lowest BCUT2D eigenvalue weighted by Gasteiger charge is -2.32. The number of hydrogen-bond acceptors (Lipinski definition) is 6. The molecule has 2 amide bonds. The minimum Gasteiger partial charge on any atom is -0.444 e. The average Bonchev–Trinajstić information content (AvgIpc) is 3.44. The summed E-state index contributed by atoms with van der Waals surface area (Å²) in [7, 11) is 1.82. The van der Waals surface area contributed by atoms with E-state index in [0.29, 0.717) is 25.2 Å². The van der Waals surface area contributed by atoms with Gasteiger partial charge in [0, 0.05) is 19.3 Å². The molecule has 0 aromatic carbocycles. The van der Waals surface area contributed by atoms with Crippen molar-refractivity contribution in [1.82, 2.24) is 29.5 Å². The lowest BCUT2D eigenvalue weighted by atomic mass is 10.1. The van der Waals surface area contributed by atoms with Crippen LogP contribution in [0.25, 0.3) is 0 Å². The molecule has 31 heavy (non-hydrogen) atoms. The van der Waals surface area contributed by atoms with Crippen LogP contribution in [0, 0.1) is 0 Å². The van der Waals surface area contributed by atoms with Crippen molar-refractivity contribution < 1.29 is 14.3 Å². The summed E-state index contributed by atoms with van der Waals surface area (Å²) < 4.78 is 7.32. The van der Waals surface area contributed by atoms with E-state index in [9.17, 15) is 9.59 Å². The maximum absolute atomic E-state index is 13.5. The van der Waals surface area contributed by atoms with E-state index in [1.54, 1.807) is 27.0 Å². The van der Waals surface area contributed by atoms with Crippen LogP contribution in [0.5, 0.6) is 0 Å². The Hall–Kier alpha value is -2.97. The molecule has 166 valence electrons. The van der Waals surface area contributed by atoms with Crippen molar-refractivity contribution in [3.8, 4) is 0 Å². The number of amides is 2. The smallest absolute Gasteiger partial charge is 0.410 e. The van der Waals surface area contributed by atoms with Gasteiger partial charge >= 0.3 is 6.09 Å². The molecular formula is C22H30N6O3. The molecule has 2 aliphatic rings. The van der Waals surface area contributed by atoms with Gasteiger partial charge in [-0.1, -0.05) is 6.92 Å². The predicted octanol–water partition coefficient (Wildman–Crippen LogP) is 2.75. The summed E-state index contributed by atoms with van der Waals surface area (Å²) in [6, 6.07) is 1.99. The monoisotopic (exact) mass is 426 g/mol. The predicted molar refractivity (Wildman–Crippen MR) is 113 cm³/mol. The third kappa shape index (κ3) is 4.00. The van der Waals surface area contributed by atoms with E-state index in [2.05, 4.69) is 22.0 Å². The fraction of sp³-hybridized carbons (Fsp3) is 0.591. The summed E-state index contributed by atoms with van der Waals surface area (Å²) in [5, 5.41) is 4.40. The van der Waals surface area contributed by atoms with E-state index in [0.717, 1.165) is 36.3 Å². The first-order valence-electron chi connectivity index (χ1n) is 10.8. The zero-order valence-corrected chi connectivity index (χ0v) is 18.9. The summed E-state index contributed by atoms with van der Waals surface area (Å²) in [4.78, 5) is 38.2. The van der Waals surface area contributed by atoms with E-state index in [1.165, 1.54) is 0 Å². The van der Waals surface area contributed by atoms with Gasteiger partial charge < -0.3 is 14.5 Å². The minimum absolute atomic E-state index is 0.110. The molecule has 4 rings (SSSR count). The molecule has 0 unspecified atom stereocenters. The van der Waals surface area contributed by atoms with Crippen molar-refractivity contribution in [3.63, 3.8) is 0 Å². The third-order valence-corrected chi connectivity index (χ3v) is 5.99. The van der Waals surface area contributed by atoms with Crippen LogP contribution in [0.1, 0.15) is 68.0 Å². The number of hydrogen-bond donors (Lipinski definition) is 0. The molecule has 2 aromatic rings. The number of carbonyl (C=O) groups excluding carboxylic acids is 2. The molecule has 9 nitrogen and oxygen atoms in total. The first-order valence-corrected chi connectivity index (χ1v) is 10.8. The van der Waals surface area contributed by atoms with Crippen molar-refractivity contribution in [2.75, 3.05) is 13.6 Å². The molecule has 9 heteroatoms. The van der Waals surface area contributed by atoms with Crippen LogP contribution >= 0.6 is 0 Å². The highest BCUT2D eigenvalue weighted by Gasteiger charge is 2.52. The fourth-order valence-electron chi connectivity index (χ4n) is 4.01. The van der Waals surface area contributed by atoms with E-state index in [-0.39, 0.29) is 12.0 Å². The molecule has 1 aliphatic heterocycles. The van der Waals surface area contributed by atoms with Crippen molar-refractivity contribution in [2.45, 2.75) is 71.2 Å². The number of nitrogens with zero attached hydrogens (tertiary/aromatic N) is 6. The highest BCUT2D eigenvalue weighted by atomic mass is 16.6. The van der Waals surface area contributed by atoms with E-state index in [1.807, 2.05) is 33.9 Å². The van der Waals surface area contributed by atoms with Crippen LogP contribution in [0.2, 0.25) is 0 Å². The van der Waals surface area contributed by atoms with E-state index >= 15 is 0 Å². The van der Waals surface area contributed by atoms with Crippen molar-refractivity contribution in [2.24, 2.45) is 0 Å². The maximum atomic E-state index is 13.5. The molecule has 2 aromatic heterocycles. The Bertz CT molecular complexity index is 1000. The van der Waals surface area contributed by atoms with Crippen LogP contribution in [0.4, 0.5) is 4.79 Å². The second kappa shape index (κ2) is 7.62. The second-order valence-electron chi connectivity index (χ2n) is 9.27. The van der Waals surface area contributed by atoms with Crippen LogP contribution in [-0.4, -0.2) is 60.7 Å². The van der Waals surface area contributed by atoms with Gasteiger partial charge in [-0.2, -0.15) is 5.10 Å². The highest BCUT2D eigenvalue weighted by molar-refractivity contribution is 5.96. The number of aromatic nitrogens is 4. The number of carbonyl (C=O) groups is 2. The number of ether oxygens (including phenoxy) is 1. The molecule has 1 saturated carbocycles. The van der Waals surface area contributed by atoms with E-state index < -0.39 is 11.1 Å². The zero-order chi connectivity index (χ0) is 22.4. The fourth-order valence-corrected chi connectivity index (χ4v) is 4.01. The van der Waals surface area contributed by atoms with Crippen molar-refractivity contribution in [1.29, 1.82) is 0 Å². The minimum atomic E-state index is -0.569. The van der Waals surface area contributed by atoms with Crippen LogP contribution in [0.3, 0.4) is 0 Å². The molecule has 0 bridgehead atoms. The standard InChI is InChI=1S/C22H30N6O3/c1-6-15-11-18(24-14-23-15)22(7-8-22)26(5)19(29)16-12-25-28-10-9-27(13-17(16)28)20(30)31-21(2,3)4/h11-12,14H,6-10,13H2,1-5H3.